The van der Waals surface area contributed by atoms with Crippen LogP contribution in [-0.4, -0.2) is 28.1 Å². The minimum absolute atomic E-state index is 0.111. The molecule has 0 unspecified atom stereocenters. The lowest BCUT2D eigenvalue weighted by Gasteiger charge is -2.40. The van der Waals surface area contributed by atoms with Crippen molar-refractivity contribution in [2.75, 3.05) is 16.8 Å². The van der Waals surface area contributed by atoms with Crippen molar-refractivity contribution in [3.05, 3.63) is 113 Å². The highest BCUT2D eigenvalue weighted by Gasteiger charge is 2.42. The molecule has 2 aliphatic rings. The Labute approximate surface area is 230 Å². The van der Waals surface area contributed by atoms with Crippen LogP contribution < -0.4 is 15.0 Å². The number of aryl methyl sites for hydroxylation is 1. The number of ether oxygens (including phenoxy) is 1. The summed E-state index contributed by atoms with van der Waals surface area (Å²) in [5, 5.41) is 10.7. The lowest BCUT2D eigenvalue weighted by molar-refractivity contribution is 0.342. The maximum absolute atomic E-state index is 5.92. The van der Waals surface area contributed by atoms with Gasteiger partial charge in [-0.3, -0.25) is 0 Å². The van der Waals surface area contributed by atoms with Gasteiger partial charge in [-0.15, -0.1) is 11.3 Å². The van der Waals surface area contributed by atoms with Crippen LogP contribution in [0.5, 0.6) is 5.75 Å². The normalized spacial score (nSPS) is 15.5. The van der Waals surface area contributed by atoms with Crippen LogP contribution in [-0.2, 0) is 0 Å². The number of hydrogen-bond acceptors (Lipinski definition) is 7. The standard InChI is InChI=1S/C31H26N6OS/c1-3-38-25-17-10-8-15-23(25)33-29-31-34-30-27(20(2)35-37(30)21-12-5-4-6-13-21)28(26-18-11-19-39-26)36(31)24-16-9-7-14-22(24)32-29/h4-19,28H,3H2,1-2H3,(H,32,33)/t28-/m1/s1. The first kappa shape index (κ1) is 23.4. The van der Waals surface area contributed by atoms with Crippen LogP contribution in [0.1, 0.15) is 29.1 Å². The molecule has 0 fully saturated rings. The monoisotopic (exact) mass is 530 g/mol. The van der Waals surface area contributed by atoms with Crippen LogP contribution in [0.3, 0.4) is 0 Å². The van der Waals surface area contributed by atoms with Crippen LogP contribution in [0.4, 0.5) is 22.9 Å². The van der Waals surface area contributed by atoms with Gasteiger partial charge in [-0.05, 0) is 61.7 Å². The van der Waals surface area contributed by atoms with Gasteiger partial charge >= 0.3 is 0 Å². The quantitative estimate of drug-likeness (QED) is 0.256. The fourth-order valence-electron chi connectivity index (χ4n) is 5.24. The van der Waals surface area contributed by atoms with Crippen molar-refractivity contribution in [3.8, 4) is 11.4 Å². The van der Waals surface area contributed by atoms with Gasteiger partial charge in [0.2, 0.25) is 0 Å². The fourth-order valence-corrected chi connectivity index (χ4v) is 6.07. The van der Waals surface area contributed by atoms with Gasteiger partial charge in [-0.1, -0.05) is 48.5 Å². The number of anilines is 2. The largest absolute Gasteiger partial charge is 0.492 e. The van der Waals surface area contributed by atoms with E-state index in [0.29, 0.717) is 12.4 Å². The zero-order chi connectivity index (χ0) is 26.3. The van der Waals surface area contributed by atoms with Gasteiger partial charge in [0, 0.05) is 10.4 Å². The molecule has 2 aromatic heterocycles. The molecular weight excluding hydrogens is 504 g/mol. The molecule has 7 rings (SSSR count). The van der Waals surface area contributed by atoms with Gasteiger partial charge in [0.25, 0.3) is 0 Å². The summed E-state index contributed by atoms with van der Waals surface area (Å²) in [6.07, 6.45) is 0. The summed E-state index contributed by atoms with van der Waals surface area (Å²) >= 11 is 1.74. The van der Waals surface area contributed by atoms with Gasteiger partial charge in [-0.2, -0.15) is 5.10 Å². The topological polar surface area (TPSA) is 67.0 Å². The van der Waals surface area contributed by atoms with Crippen molar-refractivity contribution in [1.29, 1.82) is 0 Å². The van der Waals surface area contributed by atoms with E-state index in [1.54, 1.807) is 11.3 Å². The summed E-state index contributed by atoms with van der Waals surface area (Å²) in [6.45, 7) is 4.62. The maximum atomic E-state index is 5.92. The molecule has 0 saturated heterocycles. The molecule has 1 atom stereocenters. The van der Waals surface area contributed by atoms with Crippen LogP contribution in [0, 0.1) is 6.92 Å². The first-order valence-corrected chi connectivity index (χ1v) is 13.8. The number of benzene rings is 3. The molecule has 7 nitrogen and oxygen atoms in total. The average Bonchev–Trinajstić information content (AvgIpc) is 3.62. The van der Waals surface area contributed by atoms with Crippen molar-refractivity contribution in [2.45, 2.75) is 19.9 Å². The van der Waals surface area contributed by atoms with Gasteiger partial charge < -0.3 is 15.0 Å². The number of hydrogen-bond donors (Lipinski definition) is 1. The van der Waals surface area contributed by atoms with Crippen molar-refractivity contribution in [2.24, 2.45) is 9.98 Å². The summed E-state index contributed by atoms with van der Waals surface area (Å²) in [7, 11) is 0. The van der Waals surface area contributed by atoms with Crippen molar-refractivity contribution >= 4 is 45.9 Å². The maximum Gasteiger partial charge on any atom is 0.179 e. The fraction of sp³-hybridized carbons (Fsp3) is 0.129. The molecule has 39 heavy (non-hydrogen) atoms. The summed E-state index contributed by atoms with van der Waals surface area (Å²) in [4.78, 5) is 13.9. The van der Waals surface area contributed by atoms with E-state index in [4.69, 9.17) is 19.8 Å². The highest BCUT2D eigenvalue weighted by atomic mass is 32.1. The van der Waals surface area contributed by atoms with Gasteiger partial charge in [0.15, 0.2) is 17.5 Å². The highest BCUT2D eigenvalue weighted by molar-refractivity contribution is 7.10. The zero-order valence-corrected chi connectivity index (χ0v) is 22.4. The molecule has 0 spiro atoms. The number of nitrogens with zero attached hydrogens (tertiary/aromatic N) is 5. The Morgan fingerprint density at radius 1 is 0.897 bits per heavy atom. The number of fused-ring (bicyclic) bond motifs is 4. The Balaban J connectivity index is 1.47. The molecule has 0 saturated carbocycles. The third-order valence-corrected chi connectivity index (χ3v) is 7.82. The molecule has 0 amide bonds. The smallest absolute Gasteiger partial charge is 0.179 e. The van der Waals surface area contributed by atoms with E-state index in [1.165, 1.54) is 4.88 Å². The molecule has 0 aliphatic carbocycles. The Morgan fingerprint density at radius 3 is 2.51 bits per heavy atom. The summed E-state index contributed by atoms with van der Waals surface area (Å²) in [6, 6.07) is 30.5. The van der Waals surface area contributed by atoms with E-state index in [0.717, 1.165) is 51.4 Å². The molecule has 5 aromatic rings. The molecule has 2 aliphatic heterocycles. The molecule has 8 heteroatoms. The number of aliphatic imine (C=N–C) groups is 2. The molecule has 0 bridgehead atoms. The predicted molar refractivity (Wildman–Crippen MR) is 159 cm³/mol. The first-order valence-electron chi connectivity index (χ1n) is 13.0. The van der Waals surface area contributed by atoms with E-state index < -0.39 is 0 Å². The van der Waals surface area contributed by atoms with Gasteiger partial charge in [0.05, 0.1) is 35.1 Å². The zero-order valence-electron chi connectivity index (χ0n) is 21.6. The third-order valence-electron chi connectivity index (χ3n) is 6.89. The van der Waals surface area contributed by atoms with Crippen molar-refractivity contribution in [3.63, 3.8) is 0 Å². The van der Waals surface area contributed by atoms with E-state index in [9.17, 15) is 0 Å². The Bertz CT molecular complexity index is 1720. The molecule has 3 aromatic carbocycles. The van der Waals surface area contributed by atoms with Crippen LogP contribution in [0.15, 0.2) is 106 Å². The molecular formula is C31H26N6OS. The van der Waals surface area contributed by atoms with Gasteiger partial charge in [0.1, 0.15) is 11.8 Å². The molecule has 4 heterocycles. The SMILES string of the molecule is CCOc1ccccc1NC1=Nc2ccccc2N2C1=Nc1c(c(C)nn1-c1ccccc1)[C@H]2c1cccs1. The van der Waals surface area contributed by atoms with Crippen molar-refractivity contribution < 1.29 is 4.74 Å². The Morgan fingerprint density at radius 2 is 1.69 bits per heavy atom. The molecule has 1 N–H and O–H groups in total. The highest BCUT2D eigenvalue weighted by Crippen LogP contribution is 2.49. The van der Waals surface area contributed by atoms with Gasteiger partial charge in [-0.25, -0.2) is 14.7 Å². The lowest BCUT2D eigenvalue weighted by atomic mass is 9.98. The second kappa shape index (κ2) is 9.56. The van der Waals surface area contributed by atoms with E-state index in [-0.39, 0.29) is 6.04 Å². The van der Waals surface area contributed by atoms with Crippen LogP contribution in [0.25, 0.3) is 5.69 Å². The second-order valence-corrected chi connectivity index (χ2v) is 10.3. The minimum Gasteiger partial charge on any atom is -0.492 e. The summed E-state index contributed by atoms with van der Waals surface area (Å²) in [5.41, 5.74) is 5.74. The first-order chi connectivity index (χ1) is 19.2. The number of nitrogens with one attached hydrogen (secondary N) is 1. The van der Waals surface area contributed by atoms with E-state index in [1.807, 2.05) is 66.2 Å². The van der Waals surface area contributed by atoms with Crippen LogP contribution >= 0.6 is 11.3 Å². The molecule has 0 radical (unpaired) electrons. The summed E-state index contributed by atoms with van der Waals surface area (Å²) < 4.78 is 7.86. The number of rotatable bonds is 5. The molecule has 192 valence electrons. The minimum atomic E-state index is -0.111. The Kier molecular flexibility index (Phi) is 5.74. The lowest BCUT2D eigenvalue weighted by Crippen LogP contribution is -2.46. The second-order valence-electron chi connectivity index (χ2n) is 9.30. The van der Waals surface area contributed by atoms with Crippen LogP contribution in [0.2, 0.25) is 0 Å². The average molecular weight is 531 g/mol. The summed E-state index contributed by atoms with van der Waals surface area (Å²) in [5.74, 6) is 2.98. The van der Waals surface area contributed by atoms with Crippen molar-refractivity contribution in [1.82, 2.24) is 9.78 Å². The Hall–Kier alpha value is -4.69. The number of aromatic nitrogens is 2. The number of thiophene rings is 1. The van der Waals surface area contributed by atoms with E-state index in [2.05, 4.69) is 58.9 Å². The number of para-hydroxylation sites is 5. The number of amidine groups is 2. The van der Waals surface area contributed by atoms with E-state index >= 15 is 0 Å². The predicted octanol–water partition coefficient (Wildman–Crippen LogP) is 7.44. The third kappa shape index (κ3) is 3.92.